The summed E-state index contributed by atoms with van der Waals surface area (Å²) in [6.07, 6.45) is 9.54. The lowest BCUT2D eigenvalue weighted by Crippen LogP contribution is -2.36. The summed E-state index contributed by atoms with van der Waals surface area (Å²) in [5, 5.41) is 12.8. The highest BCUT2D eigenvalue weighted by Gasteiger charge is 2.29. The fourth-order valence-electron chi connectivity index (χ4n) is 4.27. The van der Waals surface area contributed by atoms with E-state index >= 15 is 0 Å². The number of carbonyl (C=O) groups is 1. The molecule has 2 aromatic heterocycles. The third kappa shape index (κ3) is 3.07. The number of rotatable bonds is 4. The van der Waals surface area contributed by atoms with Gasteiger partial charge < -0.3 is 9.47 Å². The van der Waals surface area contributed by atoms with Gasteiger partial charge in [0.15, 0.2) is 5.82 Å². The van der Waals surface area contributed by atoms with E-state index in [0.717, 1.165) is 42.4 Å². The molecule has 1 fully saturated rings. The maximum absolute atomic E-state index is 12.7. The van der Waals surface area contributed by atoms with Gasteiger partial charge in [0, 0.05) is 51.3 Å². The molecule has 0 N–H and O–H groups in total. The highest BCUT2D eigenvalue weighted by Crippen LogP contribution is 2.31. The van der Waals surface area contributed by atoms with Crippen LogP contribution in [0.25, 0.3) is 11.5 Å². The molecular formula is C18H26N6O. The second-order valence-electron chi connectivity index (χ2n) is 7.42. The molecule has 0 unspecified atom stereocenters. The van der Waals surface area contributed by atoms with Crippen molar-refractivity contribution in [1.82, 2.24) is 29.4 Å². The van der Waals surface area contributed by atoms with Gasteiger partial charge in [-0.2, -0.15) is 5.10 Å². The molecule has 0 aromatic carbocycles. The number of hydrogen-bond donors (Lipinski definition) is 0. The zero-order valence-electron chi connectivity index (χ0n) is 15.1. The normalized spacial score (nSPS) is 17.9. The largest absolute Gasteiger partial charge is 0.338 e. The van der Waals surface area contributed by atoms with E-state index in [2.05, 4.69) is 15.3 Å². The monoisotopic (exact) mass is 342 g/mol. The summed E-state index contributed by atoms with van der Waals surface area (Å²) in [5.41, 5.74) is 3.18. The number of nitrogens with zero attached hydrogens (tertiary/aromatic N) is 6. The van der Waals surface area contributed by atoms with Crippen LogP contribution in [-0.2, 0) is 31.9 Å². The van der Waals surface area contributed by atoms with Gasteiger partial charge >= 0.3 is 0 Å². The van der Waals surface area contributed by atoms with Crippen molar-refractivity contribution >= 4 is 5.91 Å². The highest BCUT2D eigenvalue weighted by atomic mass is 16.2. The number of hydrogen-bond acceptors (Lipinski definition) is 4. The highest BCUT2D eigenvalue weighted by molar-refractivity contribution is 5.77. The van der Waals surface area contributed by atoms with Crippen LogP contribution in [0.3, 0.4) is 0 Å². The van der Waals surface area contributed by atoms with E-state index in [0.29, 0.717) is 13.0 Å². The number of aromatic nitrogens is 5. The zero-order valence-corrected chi connectivity index (χ0v) is 15.1. The second kappa shape index (κ2) is 6.61. The smallest absolute Gasteiger partial charge is 0.222 e. The van der Waals surface area contributed by atoms with Gasteiger partial charge in [0.25, 0.3) is 0 Å². The Kier molecular flexibility index (Phi) is 4.31. The second-order valence-corrected chi connectivity index (χ2v) is 7.42. The van der Waals surface area contributed by atoms with Gasteiger partial charge in [-0.25, -0.2) is 0 Å². The SMILES string of the molecule is Cn1cnnc1-c1nn(C)c2c1CN(C(=O)CCC1CCCC1)CC2. The summed E-state index contributed by atoms with van der Waals surface area (Å²) in [7, 11) is 3.89. The molecule has 0 spiro atoms. The topological polar surface area (TPSA) is 68.8 Å². The Balaban J connectivity index is 1.50. The minimum atomic E-state index is 0.283. The first kappa shape index (κ1) is 16.3. The van der Waals surface area contributed by atoms with E-state index in [9.17, 15) is 4.79 Å². The summed E-state index contributed by atoms with van der Waals surface area (Å²) in [6.45, 7) is 1.42. The molecule has 0 saturated heterocycles. The lowest BCUT2D eigenvalue weighted by atomic mass is 10.00. The Morgan fingerprint density at radius 3 is 2.80 bits per heavy atom. The molecule has 1 aliphatic heterocycles. The lowest BCUT2D eigenvalue weighted by molar-refractivity contribution is -0.132. The van der Waals surface area contributed by atoms with Crippen molar-refractivity contribution in [3.8, 4) is 11.5 Å². The number of carbonyl (C=O) groups excluding carboxylic acids is 1. The van der Waals surface area contributed by atoms with Crippen LogP contribution < -0.4 is 0 Å². The Morgan fingerprint density at radius 1 is 1.28 bits per heavy atom. The summed E-state index contributed by atoms with van der Waals surface area (Å²) in [4.78, 5) is 14.7. The molecule has 1 aliphatic carbocycles. The molecular weight excluding hydrogens is 316 g/mol. The maximum Gasteiger partial charge on any atom is 0.222 e. The average Bonchev–Trinajstić information content (AvgIpc) is 3.33. The summed E-state index contributed by atoms with van der Waals surface area (Å²) in [6, 6.07) is 0. The van der Waals surface area contributed by atoms with Crippen molar-refractivity contribution in [2.24, 2.45) is 20.0 Å². The van der Waals surface area contributed by atoms with Crippen LogP contribution in [-0.4, -0.2) is 41.9 Å². The van der Waals surface area contributed by atoms with Gasteiger partial charge in [-0.3, -0.25) is 9.48 Å². The van der Waals surface area contributed by atoms with E-state index in [4.69, 9.17) is 0 Å². The Bertz CT molecular complexity index is 771. The molecule has 4 rings (SSSR count). The van der Waals surface area contributed by atoms with Crippen molar-refractivity contribution in [3.63, 3.8) is 0 Å². The molecule has 134 valence electrons. The first-order valence-electron chi connectivity index (χ1n) is 9.30. The first-order valence-corrected chi connectivity index (χ1v) is 9.30. The molecule has 1 saturated carbocycles. The Morgan fingerprint density at radius 2 is 2.08 bits per heavy atom. The lowest BCUT2D eigenvalue weighted by Gasteiger charge is -2.28. The standard InChI is InChI=1S/C18H26N6O/c1-22-12-19-20-18(22)17-14-11-24(10-9-15(14)23(2)21-17)16(25)8-7-13-5-3-4-6-13/h12-13H,3-11H2,1-2H3. The van der Waals surface area contributed by atoms with Crippen LogP contribution in [0, 0.1) is 5.92 Å². The van der Waals surface area contributed by atoms with Gasteiger partial charge in [0.1, 0.15) is 12.0 Å². The maximum atomic E-state index is 12.7. The molecule has 1 amide bonds. The van der Waals surface area contributed by atoms with Crippen LogP contribution in [0.1, 0.15) is 49.8 Å². The zero-order chi connectivity index (χ0) is 17.4. The van der Waals surface area contributed by atoms with Gasteiger partial charge in [0.05, 0.1) is 0 Å². The third-order valence-electron chi connectivity index (χ3n) is 5.76. The summed E-state index contributed by atoms with van der Waals surface area (Å²) < 4.78 is 3.81. The molecule has 0 radical (unpaired) electrons. The third-order valence-corrected chi connectivity index (χ3v) is 5.76. The molecule has 7 heteroatoms. The quantitative estimate of drug-likeness (QED) is 0.853. The average molecular weight is 342 g/mol. The van der Waals surface area contributed by atoms with Gasteiger partial charge in [-0.15, -0.1) is 10.2 Å². The minimum Gasteiger partial charge on any atom is -0.338 e. The predicted molar refractivity (Wildman–Crippen MR) is 93.5 cm³/mol. The predicted octanol–water partition coefficient (Wildman–Crippen LogP) is 2.07. The van der Waals surface area contributed by atoms with Gasteiger partial charge in [0.2, 0.25) is 5.91 Å². The van der Waals surface area contributed by atoms with Crippen LogP contribution in [0.2, 0.25) is 0 Å². The molecule has 2 aliphatic rings. The fraction of sp³-hybridized carbons (Fsp3) is 0.667. The Labute approximate surface area is 148 Å². The molecule has 25 heavy (non-hydrogen) atoms. The van der Waals surface area contributed by atoms with E-state index in [-0.39, 0.29) is 5.91 Å². The molecule has 7 nitrogen and oxygen atoms in total. The van der Waals surface area contributed by atoms with Gasteiger partial charge in [-0.1, -0.05) is 25.7 Å². The van der Waals surface area contributed by atoms with Crippen molar-refractivity contribution in [1.29, 1.82) is 0 Å². The Hall–Kier alpha value is -2.18. The number of fused-ring (bicyclic) bond motifs is 1. The molecule has 3 heterocycles. The van der Waals surface area contributed by atoms with Gasteiger partial charge in [-0.05, 0) is 12.3 Å². The summed E-state index contributed by atoms with van der Waals surface area (Å²) in [5.74, 6) is 1.80. The number of amides is 1. The van der Waals surface area contributed by atoms with Crippen LogP contribution in [0.5, 0.6) is 0 Å². The fourth-order valence-corrected chi connectivity index (χ4v) is 4.27. The number of aryl methyl sites for hydroxylation is 2. The van der Waals surface area contributed by atoms with Crippen molar-refractivity contribution in [2.75, 3.05) is 6.54 Å². The van der Waals surface area contributed by atoms with Crippen molar-refractivity contribution < 1.29 is 4.79 Å². The summed E-state index contributed by atoms with van der Waals surface area (Å²) >= 11 is 0. The molecule has 0 bridgehead atoms. The first-order chi connectivity index (χ1) is 12.1. The van der Waals surface area contributed by atoms with Crippen molar-refractivity contribution in [2.45, 2.75) is 51.5 Å². The minimum absolute atomic E-state index is 0.283. The molecule has 2 aromatic rings. The van der Waals surface area contributed by atoms with E-state index < -0.39 is 0 Å². The molecule has 0 atom stereocenters. The van der Waals surface area contributed by atoms with Crippen LogP contribution in [0.15, 0.2) is 6.33 Å². The van der Waals surface area contributed by atoms with Crippen molar-refractivity contribution in [3.05, 3.63) is 17.6 Å². The van der Waals surface area contributed by atoms with E-state index in [1.165, 1.54) is 31.4 Å². The van der Waals surface area contributed by atoms with E-state index in [1.807, 2.05) is 28.2 Å². The van der Waals surface area contributed by atoms with E-state index in [1.54, 1.807) is 6.33 Å². The van der Waals surface area contributed by atoms with Crippen LogP contribution in [0.4, 0.5) is 0 Å². The van der Waals surface area contributed by atoms with Crippen LogP contribution >= 0.6 is 0 Å².